The van der Waals surface area contributed by atoms with Crippen molar-refractivity contribution in [3.8, 4) is 22.6 Å². The zero-order valence-corrected chi connectivity index (χ0v) is 19.3. The molecule has 0 fully saturated rings. The molecule has 1 amide bonds. The smallest absolute Gasteiger partial charge is 0.255 e. The molecule has 0 bridgehead atoms. The van der Waals surface area contributed by atoms with Crippen molar-refractivity contribution in [1.82, 2.24) is 15.1 Å². The van der Waals surface area contributed by atoms with Gasteiger partial charge >= 0.3 is 0 Å². The number of benzene rings is 3. The van der Waals surface area contributed by atoms with Crippen LogP contribution < -0.4 is 5.32 Å². The lowest BCUT2D eigenvalue weighted by Gasteiger charge is -2.10. The van der Waals surface area contributed by atoms with Crippen LogP contribution in [0.3, 0.4) is 0 Å². The highest BCUT2D eigenvalue weighted by Crippen LogP contribution is 2.29. The molecule has 0 atom stereocenters. The fourth-order valence-electron chi connectivity index (χ4n) is 3.61. The predicted molar refractivity (Wildman–Crippen MR) is 130 cm³/mol. The van der Waals surface area contributed by atoms with Gasteiger partial charge in [-0.2, -0.15) is 5.10 Å². The van der Waals surface area contributed by atoms with Crippen molar-refractivity contribution in [2.75, 3.05) is 0 Å². The molecule has 1 aromatic heterocycles. The fourth-order valence-corrected chi connectivity index (χ4v) is 3.99. The molecule has 0 radical (unpaired) electrons. The summed E-state index contributed by atoms with van der Waals surface area (Å²) in [7, 11) is 0. The Balaban J connectivity index is 1.47. The summed E-state index contributed by atoms with van der Waals surface area (Å²) >= 11 is 3.35. The van der Waals surface area contributed by atoms with E-state index in [-0.39, 0.29) is 11.7 Å². The highest BCUT2D eigenvalue weighted by Gasteiger charge is 2.17. The maximum Gasteiger partial charge on any atom is 0.255 e. The summed E-state index contributed by atoms with van der Waals surface area (Å²) in [5.41, 5.74) is 5.53. The molecule has 0 spiro atoms. The van der Waals surface area contributed by atoms with Crippen LogP contribution in [-0.2, 0) is 13.0 Å². The van der Waals surface area contributed by atoms with Crippen LogP contribution in [0.5, 0.6) is 5.75 Å². The summed E-state index contributed by atoms with van der Waals surface area (Å²) in [5, 5.41) is 17.2. The summed E-state index contributed by atoms with van der Waals surface area (Å²) in [6.07, 6.45) is 3.35. The minimum atomic E-state index is -0.123. The average Bonchev–Trinajstić information content (AvgIpc) is 3.24. The summed E-state index contributed by atoms with van der Waals surface area (Å²) in [5.74, 6) is 0.0910. The van der Waals surface area contributed by atoms with Crippen LogP contribution in [0.15, 0.2) is 83.5 Å². The van der Waals surface area contributed by atoms with E-state index in [2.05, 4.69) is 33.3 Å². The van der Waals surface area contributed by atoms with Gasteiger partial charge in [0.2, 0.25) is 0 Å². The number of phenols is 1. The first kappa shape index (κ1) is 21.8. The number of carbonyl (C=O) groups excluding carboxylic acids is 1. The number of carbonyl (C=O) groups is 1. The monoisotopic (exact) mass is 489 g/mol. The van der Waals surface area contributed by atoms with Gasteiger partial charge in [0.1, 0.15) is 5.75 Å². The van der Waals surface area contributed by atoms with E-state index < -0.39 is 0 Å². The molecule has 3 aromatic carbocycles. The van der Waals surface area contributed by atoms with Crippen LogP contribution >= 0.6 is 15.9 Å². The van der Waals surface area contributed by atoms with E-state index in [0.717, 1.165) is 40.9 Å². The van der Waals surface area contributed by atoms with Gasteiger partial charge in [-0.25, -0.2) is 4.68 Å². The number of nitrogens with one attached hydrogen (secondary N) is 1. The first-order valence-corrected chi connectivity index (χ1v) is 11.3. The Morgan fingerprint density at radius 2 is 1.75 bits per heavy atom. The SMILES string of the molecule is CCCc1c(C(=O)NCc2ccc(-c3ccc(O)c(Br)c3)cc2)cnn1-c1ccccc1. The summed E-state index contributed by atoms with van der Waals surface area (Å²) in [6, 6.07) is 23.3. The van der Waals surface area contributed by atoms with Crippen molar-refractivity contribution in [1.29, 1.82) is 0 Å². The normalized spacial score (nSPS) is 10.8. The number of halogens is 1. The Labute approximate surface area is 195 Å². The van der Waals surface area contributed by atoms with E-state index in [1.54, 1.807) is 12.3 Å². The Bertz CT molecular complexity index is 1220. The van der Waals surface area contributed by atoms with Crippen molar-refractivity contribution in [2.24, 2.45) is 0 Å². The second-order valence-corrected chi connectivity index (χ2v) is 8.40. The second kappa shape index (κ2) is 9.83. The van der Waals surface area contributed by atoms with Crippen molar-refractivity contribution in [3.63, 3.8) is 0 Å². The molecule has 5 nitrogen and oxygen atoms in total. The first-order chi connectivity index (χ1) is 15.6. The van der Waals surface area contributed by atoms with Crippen molar-refractivity contribution in [3.05, 3.63) is 100 Å². The molecular formula is C26H24BrN3O2. The third-order valence-electron chi connectivity index (χ3n) is 5.29. The lowest BCUT2D eigenvalue weighted by atomic mass is 10.0. The molecular weight excluding hydrogens is 466 g/mol. The number of amides is 1. The van der Waals surface area contributed by atoms with Crippen LogP contribution in [0.1, 0.15) is 35.0 Å². The minimum absolute atomic E-state index is 0.123. The Morgan fingerprint density at radius 3 is 2.44 bits per heavy atom. The van der Waals surface area contributed by atoms with Crippen LogP contribution in [0.2, 0.25) is 0 Å². The van der Waals surface area contributed by atoms with Gasteiger partial charge in [0.15, 0.2) is 0 Å². The predicted octanol–water partition coefficient (Wildman–Crippen LogP) is 5.89. The highest BCUT2D eigenvalue weighted by atomic mass is 79.9. The number of rotatable bonds is 7. The van der Waals surface area contributed by atoms with Gasteiger partial charge in [-0.1, -0.05) is 61.9 Å². The number of hydrogen-bond acceptors (Lipinski definition) is 3. The molecule has 0 unspecified atom stereocenters. The van der Waals surface area contributed by atoms with Gasteiger partial charge in [-0.05, 0) is 63.3 Å². The van der Waals surface area contributed by atoms with Gasteiger partial charge in [0.25, 0.3) is 5.91 Å². The molecule has 0 aliphatic rings. The number of aromatic nitrogens is 2. The summed E-state index contributed by atoms with van der Waals surface area (Å²) in [4.78, 5) is 12.9. The summed E-state index contributed by atoms with van der Waals surface area (Å²) in [6.45, 7) is 2.53. The van der Waals surface area contributed by atoms with Crippen LogP contribution in [-0.4, -0.2) is 20.8 Å². The average molecular weight is 490 g/mol. The largest absolute Gasteiger partial charge is 0.507 e. The summed E-state index contributed by atoms with van der Waals surface area (Å²) < 4.78 is 2.51. The number of hydrogen-bond donors (Lipinski definition) is 2. The molecule has 162 valence electrons. The molecule has 4 aromatic rings. The number of aromatic hydroxyl groups is 1. The quantitative estimate of drug-likeness (QED) is 0.340. The van der Waals surface area contributed by atoms with E-state index in [4.69, 9.17) is 0 Å². The zero-order chi connectivity index (χ0) is 22.5. The molecule has 4 rings (SSSR count). The molecule has 2 N–H and O–H groups in total. The first-order valence-electron chi connectivity index (χ1n) is 10.5. The topological polar surface area (TPSA) is 67.2 Å². The molecule has 32 heavy (non-hydrogen) atoms. The molecule has 0 aliphatic heterocycles. The molecule has 0 aliphatic carbocycles. The van der Waals surface area contributed by atoms with Crippen molar-refractivity contribution in [2.45, 2.75) is 26.3 Å². The molecule has 0 saturated heterocycles. The van der Waals surface area contributed by atoms with Crippen molar-refractivity contribution >= 4 is 21.8 Å². The third kappa shape index (κ3) is 4.75. The minimum Gasteiger partial charge on any atom is -0.507 e. The fraction of sp³-hybridized carbons (Fsp3) is 0.154. The maximum atomic E-state index is 12.9. The van der Waals surface area contributed by atoms with Crippen LogP contribution in [0, 0.1) is 0 Å². The number of para-hydroxylation sites is 1. The molecule has 1 heterocycles. The molecule has 6 heteroatoms. The standard InChI is InChI=1S/C26H24BrN3O2/c1-2-6-24-22(17-29-30(24)21-7-4-3-5-8-21)26(32)28-16-18-9-11-19(12-10-18)20-13-14-25(31)23(27)15-20/h3-5,7-15,17,31H,2,6,16H2,1H3,(H,28,32). The third-order valence-corrected chi connectivity index (χ3v) is 5.92. The Kier molecular flexibility index (Phi) is 6.71. The second-order valence-electron chi connectivity index (χ2n) is 7.55. The van der Waals surface area contributed by atoms with E-state index in [9.17, 15) is 9.90 Å². The van der Waals surface area contributed by atoms with Gasteiger partial charge in [0.05, 0.1) is 27.6 Å². The zero-order valence-electron chi connectivity index (χ0n) is 17.8. The van der Waals surface area contributed by atoms with Gasteiger partial charge in [-0.3, -0.25) is 4.79 Å². The van der Waals surface area contributed by atoms with Crippen LogP contribution in [0.25, 0.3) is 16.8 Å². The van der Waals surface area contributed by atoms with Crippen LogP contribution in [0.4, 0.5) is 0 Å². The van der Waals surface area contributed by atoms with Crippen molar-refractivity contribution < 1.29 is 9.90 Å². The Hall–Kier alpha value is -3.38. The van der Waals surface area contributed by atoms with Gasteiger partial charge in [-0.15, -0.1) is 0 Å². The number of nitrogens with zero attached hydrogens (tertiary/aromatic N) is 2. The number of phenolic OH excluding ortho intramolecular Hbond substituents is 1. The lowest BCUT2D eigenvalue weighted by molar-refractivity contribution is 0.0950. The van der Waals surface area contributed by atoms with Gasteiger partial charge in [0, 0.05) is 6.54 Å². The molecule has 0 saturated carbocycles. The lowest BCUT2D eigenvalue weighted by Crippen LogP contribution is -2.23. The van der Waals surface area contributed by atoms with E-state index in [1.165, 1.54) is 0 Å². The van der Waals surface area contributed by atoms with E-state index in [0.29, 0.717) is 16.6 Å². The van der Waals surface area contributed by atoms with E-state index >= 15 is 0 Å². The van der Waals surface area contributed by atoms with Gasteiger partial charge < -0.3 is 10.4 Å². The van der Waals surface area contributed by atoms with E-state index in [1.807, 2.05) is 71.4 Å². The maximum absolute atomic E-state index is 12.9. The Morgan fingerprint density at radius 1 is 1.03 bits per heavy atom. The highest BCUT2D eigenvalue weighted by molar-refractivity contribution is 9.10.